The van der Waals surface area contributed by atoms with Crippen LogP contribution in [-0.4, -0.2) is 74.3 Å². The second kappa shape index (κ2) is 8.53. The standard InChI is InChI=1S/C20H37NO7/c1-18(2,11-19(3,4)21-14(24)7-9-22)8-5-6-13-15-17(26)16(25)12(10-23)20(15,27)28-13/h12-13,15-17,22-23,25-27H,5-11H2,1-4H3,(H,21,24). The molecule has 8 heteroatoms. The van der Waals surface area contributed by atoms with Gasteiger partial charge >= 0.3 is 0 Å². The van der Waals surface area contributed by atoms with Crippen LogP contribution in [0.15, 0.2) is 0 Å². The lowest BCUT2D eigenvalue weighted by Crippen LogP contribution is -2.62. The molecule has 1 aliphatic carbocycles. The number of hydrogen-bond donors (Lipinski definition) is 6. The summed E-state index contributed by atoms with van der Waals surface area (Å²) < 4.78 is 5.59. The maximum atomic E-state index is 11.8. The van der Waals surface area contributed by atoms with Gasteiger partial charge in [-0.3, -0.25) is 4.79 Å². The minimum Gasteiger partial charge on any atom is -0.396 e. The molecule has 28 heavy (non-hydrogen) atoms. The number of rotatable bonds is 10. The summed E-state index contributed by atoms with van der Waals surface area (Å²) in [6.45, 7) is 7.57. The van der Waals surface area contributed by atoms with Gasteiger partial charge in [-0.25, -0.2) is 0 Å². The number of amides is 1. The van der Waals surface area contributed by atoms with Crippen molar-refractivity contribution in [2.75, 3.05) is 13.2 Å². The van der Waals surface area contributed by atoms with E-state index in [1.54, 1.807) is 0 Å². The van der Waals surface area contributed by atoms with Gasteiger partial charge in [0, 0.05) is 12.0 Å². The van der Waals surface area contributed by atoms with Crippen LogP contribution in [0.1, 0.15) is 59.8 Å². The zero-order chi connectivity index (χ0) is 21.3. The Balaban J connectivity index is 1.82. The van der Waals surface area contributed by atoms with Crippen molar-refractivity contribution in [2.45, 2.75) is 89.4 Å². The summed E-state index contributed by atoms with van der Waals surface area (Å²) in [7, 11) is 0. The Bertz CT molecular complexity index is 553. The molecule has 0 radical (unpaired) electrons. The van der Waals surface area contributed by atoms with E-state index < -0.39 is 42.0 Å². The van der Waals surface area contributed by atoms with Crippen molar-refractivity contribution >= 4 is 5.91 Å². The Morgan fingerprint density at radius 1 is 1.14 bits per heavy atom. The van der Waals surface area contributed by atoms with Crippen molar-refractivity contribution in [3.63, 3.8) is 0 Å². The molecule has 6 N–H and O–H groups in total. The lowest BCUT2D eigenvalue weighted by atomic mass is 9.75. The van der Waals surface area contributed by atoms with Crippen molar-refractivity contribution < 1.29 is 35.1 Å². The normalized spacial score (nSPS) is 35.4. The van der Waals surface area contributed by atoms with Gasteiger partial charge in [0.1, 0.15) is 0 Å². The molecule has 1 heterocycles. The maximum Gasteiger partial charge on any atom is 0.222 e. The molecule has 0 spiro atoms. The quantitative estimate of drug-likeness (QED) is 0.299. The number of aliphatic hydroxyl groups is 5. The van der Waals surface area contributed by atoms with E-state index in [1.165, 1.54) is 0 Å². The Morgan fingerprint density at radius 3 is 2.36 bits per heavy atom. The molecule has 2 rings (SSSR count). The molecular weight excluding hydrogens is 366 g/mol. The fourth-order valence-electron chi connectivity index (χ4n) is 5.21. The molecule has 1 saturated heterocycles. The fraction of sp³-hybridized carbons (Fsp3) is 0.950. The predicted octanol–water partition coefficient (Wildman–Crippen LogP) is -0.102. The molecule has 0 bridgehead atoms. The summed E-state index contributed by atoms with van der Waals surface area (Å²) in [6.07, 6.45) is 0.505. The van der Waals surface area contributed by atoms with Crippen LogP contribution in [0.25, 0.3) is 0 Å². The van der Waals surface area contributed by atoms with Gasteiger partial charge in [-0.15, -0.1) is 0 Å². The number of fused-ring (bicyclic) bond motifs is 1. The maximum absolute atomic E-state index is 11.8. The van der Waals surface area contributed by atoms with Gasteiger partial charge in [0.25, 0.3) is 0 Å². The minimum atomic E-state index is -1.65. The average molecular weight is 404 g/mol. The highest BCUT2D eigenvalue weighted by molar-refractivity contribution is 5.76. The first kappa shape index (κ1) is 23.5. The first-order chi connectivity index (χ1) is 12.9. The number of carbonyl (C=O) groups is 1. The summed E-state index contributed by atoms with van der Waals surface area (Å²) in [4.78, 5) is 11.8. The van der Waals surface area contributed by atoms with Crippen molar-refractivity contribution in [2.24, 2.45) is 17.3 Å². The van der Waals surface area contributed by atoms with Crippen molar-refractivity contribution in [3.8, 4) is 0 Å². The zero-order valence-corrected chi connectivity index (χ0v) is 17.4. The molecular formula is C20H37NO7. The molecule has 6 unspecified atom stereocenters. The number of hydrogen-bond acceptors (Lipinski definition) is 7. The van der Waals surface area contributed by atoms with Crippen molar-refractivity contribution in [3.05, 3.63) is 0 Å². The Kier molecular flexibility index (Phi) is 7.17. The second-order valence-electron chi connectivity index (χ2n) is 9.84. The smallest absolute Gasteiger partial charge is 0.222 e. The summed E-state index contributed by atoms with van der Waals surface area (Å²) in [6, 6.07) is 0. The number of ether oxygens (including phenoxy) is 1. The summed E-state index contributed by atoms with van der Waals surface area (Å²) >= 11 is 0. The summed E-state index contributed by atoms with van der Waals surface area (Å²) in [5.41, 5.74) is -0.458. The number of aliphatic hydroxyl groups excluding tert-OH is 4. The molecule has 8 nitrogen and oxygen atoms in total. The van der Waals surface area contributed by atoms with Gasteiger partial charge in [-0.1, -0.05) is 20.3 Å². The van der Waals surface area contributed by atoms with Gasteiger partial charge < -0.3 is 35.6 Å². The Hall–Kier alpha value is -0.770. The monoisotopic (exact) mass is 403 g/mol. The molecule has 1 amide bonds. The second-order valence-corrected chi connectivity index (χ2v) is 9.84. The zero-order valence-electron chi connectivity index (χ0n) is 17.4. The lowest BCUT2D eigenvalue weighted by molar-refractivity contribution is -0.381. The van der Waals surface area contributed by atoms with E-state index >= 15 is 0 Å². The van der Waals surface area contributed by atoms with Crippen molar-refractivity contribution in [1.29, 1.82) is 0 Å². The highest BCUT2D eigenvalue weighted by Crippen LogP contribution is 2.54. The molecule has 6 atom stereocenters. The lowest BCUT2D eigenvalue weighted by Gasteiger charge is -2.50. The third-order valence-electron chi connectivity index (χ3n) is 6.16. The average Bonchev–Trinajstić information content (AvgIpc) is 2.65. The molecule has 1 saturated carbocycles. The van der Waals surface area contributed by atoms with Crippen LogP contribution < -0.4 is 5.32 Å². The van der Waals surface area contributed by atoms with Crippen molar-refractivity contribution in [1.82, 2.24) is 5.32 Å². The van der Waals surface area contributed by atoms with Gasteiger partial charge in [0.2, 0.25) is 5.91 Å². The minimum absolute atomic E-state index is 0.0581. The predicted molar refractivity (Wildman–Crippen MR) is 102 cm³/mol. The van der Waals surface area contributed by atoms with Gasteiger partial charge in [-0.05, 0) is 38.5 Å². The van der Waals surface area contributed by atoms with E-state index in [1.807, 2.05) is 13.8 Å². The number of carbonyl (C=O) groups excluding carboxylic acids is 1. The molecule has 0 aromatic carbocycles. The van der Waals surface area contributed by atoms with E-state index in [-0.39, 0.29) is 30.5 Å². The highest BCUT2D eigenvalue weighted by atomic mass is 16.7. The van der Waals surface area contributed by atoms with Gasteiger partial charge in [0.15, 0.2) is 5.79 Å². The van der Waals surface area contributed by atoms with Crippen LogP contribution >= 0.6 is 0 Å². The van der Waals surface area contributed by atoms with Crippen LogP contribution in [0.3, 0.4) is 0 Å². The van der Waals surface area contributed by atoms with Gasteiger partial charge in [-0.2, -0.15) is 0 Å². The first-order valence-electron chi connectivity index (χ1n) is 10.2. The van der Waals surface area contributed by atoms with E-state index in [2.05, 4.69) is 19.2 Å². The number of nitrogens with one attached hydrogen (secondary N) is 1. The topological polar surface area (TPSA) is 139 Å². The first-order valence-corrected chi connectivity index (χ1v) is 10.2. The molecule has 2 aliphatic rings. The third kappa shape index (κ3) is 4.86. The summed E-state index contributed by atoms with van der Waals surface area (Å²) in [5, 5.41) is 51.9. The summed E-state index contributed by atoms with van der Waals surface area (Å²) in [5.74, 6) is -3.29. The Labute approximate surface area is 166 Å². The van der Waals surface area contributed by atoms with E-state index in [4.69, 9.17) is 9.84 Å². The molecule has 164 valence electrons. The van der Waals surface area contributed by atoms with Crippen LogP contribution in [0.4, 0.5) is 0 Å². The van der Waals surface area contributed by atoms with E-state index in [9.17, 15) is 25.2 Å². The van der Waals surface area contributed by atoms with Crippen LogP contribution in [-0.2, 0) is 9.53 Å². The van der Waals surface area contributed by atoms with Crippen LogP contribution in [0.5, 0.6) is 0 Å². The molecule has 0 aromatic rings. The third-order valence-corrected chi connectivity index (χ3v) is 6.16. The Morgan fingerprint density at radius 2 is 1.79 bits per heavy atom. The fourth-order valence-corrected chi connectivity index (χ4v) is 5.21. The highest BCUT2D eigenvalue weighted by Gasteiger charge is 2.69. The van der Waals surface area contributed by atoms with Gasteiger partial charge in [0.05, 0.1) is 43.4 Å². The SMILES string of the molecule is CC(C)(CCCC1OC2(O)C(CO)C(O)C(O)C12)CC(C)(C)NC(=O)CCO. The largest absolute Gasteiger partial charge is 0.396 e. The van der Waals surface area contributed by atoms with E-state index in [0.29, 0.717) is 6.42 Å². The van der Waals surface area contributed by atoms with E-state index in [0.717, 1.165) is 19.3 Å². The molecule has 2 fully saturated rings. The molecule has 1 aliphatic heterocycles. The van der Waals surface area contributed by atoms with Crippen LogP contribution in [0.2, 0.25) is 0 Å². The molecule has 0 aromatic heterocycles. The van der Waals surface area contributed by atoms with Crippen LogP contribution in [0, 0.1) is 17.3 Å².